The Labute approximate surface area is 228 Å². The van der Waals surface area contributed by atoms with Crippen molar-refractivity contribution in [1.82, 2.24) is 4.90 Å². The predicted molar refractivity (Wildman–Crippen MR) is 151 cm³/mol. The average molecular weight is 590 g/mol. The molecule has 1 aliphatic heterocycles. The molecule has 3 aromatic carbocycles. The van der Waals surface area contributed by atoms with Crippen molar-refractivity contribution < 1.29 is 9.53 Å². The third-order valence-corrected chi connectivity index (χ3v) is 7.06. The Morgan fingerprint density at radius 2 is 1.69 bits per heavy atom. The number of hydrogen-bond acceptors (Lipinski definition) is 4. The van der Waals surface area contributed by atoms with Gasteiger partial charge >= 0.3 is 0 Å². The van der Waals surface area contributed by atoms with Crippen LogP contribution in [0.25, 0.3) is 6.08 Å². The van der Waals surface area contributed by atoms with Crippen molar-refractivity contribution in [3.63, 3.8) is 0 Å². The molecule has 0 aliphatic carbocycles. The Hall–Kier alpha value is -2.25. The van der Waals surface area contributed by atoms with Crippen LogP contribution >= 0.6 is 50.9 Å². The van der Waals surface area contributed by atoms with Crippen LogP contribution in [0.1, 0.15) is 25.0 Å². The number of benzene rings is 3. The SMILES string of the molecule is CC(C)CN1C(=O)/C(=C/c2cc(Br)ccc2OCc2ccc(Cl)cc2)SC1=Nc1ccc(Cl)cc1. The van der Waals surface area contributed by atoms with Gasteiger partial charge in [-0.2, -0.15) is 0 Å². The van der Waals surface area contributed by atoms with Gasteiger partial charge in [0, 0.05) is 26.6 Å². The van der Waals surface area contributed by atoms with Crippen molar-refractivity contribution in [2.24, 2.45) is 10.9 Å². The summed E-state index contributed by atoms with van der Waals surface area (Å²) in [4.78, 5) is 20.4. The van der Waals surface area contributed by atoms with Crippen LogP contribution < -0.4 is 4.74 Å². The largest absolute Gasteiger partial charge is 0.488 e. The van der Waals surface area contributed by atoms with Gasteiger partial charge in [0.05, 0.1) is 10.6 Å². The summed E-state index contributed by atoms with van der Waals surface area (Å²) in [6.45, 7) is 5.12. The lowest BCUT2D eigenvalue weighted by atomic mass is 10.1. The van der Waals surface area contributed by atoms with Crippen molar-refractivity contribution >= 4 is 73.7 Å². The summed E-state index contributed by atoms with van der Waals surface area (Å²) >= 11 is 16.9. The van der Waals surface area contributed by atoms with Crippen molar-refractivity contribution in [3.8, 4) is 5.75 Å². The zero-order valence-corrected chi connectivity index (χ0v) is 23.1. The predicted octanol–water partition coefficient (Wildman–Crippen LogP) is 8.59. The molecule has 180 valence electrons. The van der Waals surface area contributed by atoms with Crippen LogP contribution in [-0.2, 0) is 11.4 Å². The molecule has 8 heteroatoms. The van der Waals surface area contributed by atoms with Crippen molar-refractivity contribution in [1.29, 1.82) is 0 Å². The molecular weight excluding hydrogens is 567 g/mol. The molecule has 0 spiro atoms. The third kappa shape index (κ3) is 6.91. The summed E-state index contributed by atoms with van der Waals surface area (Å²) in [5.74, 6) is 0.904. The molecule has 1 saturated heterocycles. The van der Waals surface area contributed by atoms with Gasteiger partial charge in [0.2, 0.25) is 0 Å². The van der Waals surface area contributed by atoms with Crippen LogP contribution in [0.3, 0.4) is 0 Å². The fourth-order valence-electron chi connectivity index (χ4n) is 3.39. The molecule has 0 bridgehead atoms. The number of rotatable bonds is 7. The second-order valence-corrected chi connectivity index (χ2v) is 11.2. The van der Waals surface area contributed by atoms with Crippen LogP contribution in [0, 0.1) is 5.92 Å². The van der Waals surface area contributed by atoms with Crippen LogP contribution in [0.2, 0.25) is 10.0 Å². The maximum atomic E-state index is 13.4. The molecule has 0 unspecified atom stereocenters. The maximum Gasteiger partial charge on any atom is 0.266 e. The number of hydrogen-bond donors (Lipinski definition) is 0. The minimum atomic E-state index is -0.0694. The summed E-state index contributed by atoms with van der Waals surface area (Å²) in [5, 5.41) is 1.97. The number of amides is 1. The van der Waals surface area contributed by atoms with Crippen molar-refractivity contribution in [2.75, 3.05) is 6.54 Å². The van der Waals surface area contributed by atoms with Crippen LogP contribution in [0.15, 0.2) is 81.1 Å². The Balaban J connectivity index is 1.63. The van der Waals surface area contributed by atoms with Gasteiger partial charge in [-0.3, -0.25) is 9.69 Å². The lowest BCUT2D eigenvalue weighted by Crippen LogP contribution is -2.32. The topological polar surface area (TPSA) is 41.9 Å². The van der Waals surface area contributed by atoms with Crippen molar-refractivity contribution in [3.05, 3.63) is 97.3 Å². The summed E-state index contributed by atoms with van der Waals surface area (Å²) in [6.07, 6.45) is 1.87. The van der Waals surface area contributed by atoms with Gasteiger partial charge in [-0.1, -0.05) is 65.1 Å². The normalized spacial score (nSPS) is 16.1. The quantitative estimate of drug-likeness (QED) is 0.259. The van der Waals surface area contributed by atoms with E-state index in [1.165, 1.54) is 11.8 Å². The van der Waals surface area contributed by atoms with E-state index in [9.17, 15) is 4.79 Å². The summed E-state index contributed by atoms with van der Waals surface area (Å²) < 4.78 is 7.00. The van der Waals surface area contributed by atoms with Gasteiger partial charge in [0.1, 0.15) is 12.4 Å². The highest BCUT2D eigenvalue weighted by atomic mass is 79.9. The molecule has 1 amide bonds. The van der Waals surface area contributed by atoms with E-state index >= 15 is 0 Å². The Bertz CT molecular complexity index is 1280. The summed E-state index contributed by atoms with van der Waals surface area (Å²) in [5.41, 5.74) is 2.55. The number of aliphatic imine (C=N–C) groups is 1. The number of amidine groups is 1. The van der Waals surface area contributed by atoms with Gasteiger partial charge in [0.15, 0.2) is 5.17 Å². The van der Waals surface area contributed by atoms with Crippen LogP contribution in [0.4, 0.5) is 5.69 Å². The molecule has 0 N–H and O–H groups in total. The zero-order chi connectivity index (χ0) is 24.9. The molecule has 3 aromatic rings. The van der Waals surface area contributed by atoms with Crippen LogP contribution in [-0.4, -0.2) is 22.5 Å². The molecule has 0 aromatic heterocycles. The van der Waals surface area contributed by atoms with Gasteiger partial charge in [-0.25, -0.2) is 4.99 Å². The zero-order valence-electron chi connectivity index (χ0n) is 19.2. The molecule has 35 heavy (non-hydrogen) atoms. The molecule has 4 nitrogen and oxygen atoms in total. The first kappa shape index (κ1) is 25.8. The summed E-state index contributed by atoms with van der Waals surface area (Å²) in [7, 11) is 0. The number of carbonyl (C=O) groups excluding carboxylic acids is 1. The van der Waals surface area contributed by atoms with E-state index in [0.29, 0.717) is 44.9 Å². The minimum absolute atomic E-state index is 0.0694. The minimum Gasteiger partial charge on any atom is -0.488 e. The number of thioether (sulfide) groups is 1. The molecule has 0 radical (unpaired) electrons. The van der Waals surface area contributed by atoms with Gasteiger partial charge < -0.3 is 4.74 Å². The fourth-order valence-corrected chi connectivity index (χ4v) is 5.02. The standard InChI is InChI=1S/C27H23BrCl2N2O2S/c1-17(2)15-32-26(33)25(35-27(32)31-23-10-8-22(30)9-11-23)14-19-13-20(28)5-12-24(19)34-16-18-3-6-21(29)7-4-18/h3-14,17H,15-16H2,1-2H3/b25-14-,31-27?. The monoisotopic (exact) mass is 588 g/mol. The van der Waals surface area contributed by atoms with Gasteiger partial charge in [-0.15, -0.1) is 0 Å². The van der Waals surface area contributed by atoms with E-state index < -0.39 is 0 Å². The Kier molecular flexibility index (Phi) is 8.60. The first-order valence-electron chi connectivity index (χ1n) is 11.0. The molecule has 1 fully saturated rings. The van der Waals surface area contributed by atoms with E-state index in [2.05, 4.69) is 29.8 Å². The molecule has 1 aliphatic rings. The number of carbonyl (C=O) groups is 1. The number of ether oxygens (including phenoxy) is 1. The van der Waals surface area contributed by atoms with E-state index in [0.717, 1.165) is 21.3 Å². The number of halogens is 3. The molecular formula is C27H23BrCl2N2O2S. The van der Waals surface area contributed by atoms with Crippen LogP contribution in [0.5, 0.6) is 5.75 Å². The highest BCUT2D eigenvalue weighted by Gasteiger charge is 2.34. The third-order valence-electron chi connectivity index (χ3n) is 5.05. The lowest BCUT2D eigenvalue weighted by Gasteiger charge is -2.17. The second kappa shape index (κ2) is 11.7. The Morgan fingerprint density at radius 1 is 1.03 bits per heavy atom. The molecule has 0 saturated carbocycles. The first-order valence-corrected chi connectivity index (χ1v) is 13.4. The van der Waals surface area contributed by atoms with Gasteiger partial charge in [0.25, 0.3) is 5.91 Å². The average Bonchev–Trinajstić information content (AvgIpc) is 3.09. The van der Waals surface area contributed by atoms with E-state index in [4.69, 9.17) is 32.9 Å². The second-order valence-electron chi connectivity index (χ2n) is 8.39. The lowest BCUT2D eigenvalue weighted by molar-refractivity contribution is -0.122. The molecule has 1 heterocycles. The fraction of sp³-hybridized carbons (Fsp3) is 0.185. The smallest absolute Gasteiger partial charge is 0.266 e. The first-order chi connectivity index (χ1) is 16.8. The molecule has 0 atom stereocenters. The Morgan fingerprint density at radius 3 is 2.34 bits per heavy atom. The van der Waals surface area contributed by atoms with E-state index in [1.54, 1.807) is 17.0 Å². The van der Waals surface area contributed by atoms with Crippen molar-refractivity contribution in [2.45, 2.75) is 20.5 Å². The highest BCUT2D eigenvalue weighted by molar-refractivity contribution is 9.10. The van der Waals surface area contributed by atoms with E-state index in [-0.39, 0.29) is 5.91 Å². The van der Waals surface area contributed by atoms with Gasteiger partial charge in [-0.05, 0) is 83.9 Å². The molecule has 4 rings (SSSR count). The number of nitrogens with zero attached hydrogens (tertiary/aromatic N) is 2. The highest BCUT2D eigenvalue weighted by Crippen LogP contribution is 2.37. The maximum absolute atomic E-state index is 13.4. The summed E-state index contributed by atoms with van der Waals surface area (Å²) in [6, 6.07) is 20.5. The van der Waals surface area contributed by atoms with E-state index in [1.807, 2.05) is 60.7 Å².